The summed E-state index contributed by atoms with van der Waals surface area (Å²) in [6, 6.07) is 8.67. The molecule has 2 aliphatic rings. The number of amides is 3. The normalized spacial score (nSPS) is 21.3. The highest BCUT2D eigenvalue weighted by Gasteiger charge is 2.51. The van der Waals surface area contributed by atoms with E-state index in [0.717, 1.165) is 10.5 Å². The number of benzene rings is 1. The molecule has 1 aromatic heterocycles. The van der Waals surface area contributed by atoms with E-state index in [1.165, 1.54) is 11.3 Å². The molecule has 0 unspecified atom stereocenters. The van der Waals surface area contributed by atoms with Crippen molar-refractivity contribution < 1.29 is 19.2 Å². The molecule has 3 amide bonds. The van der Waals surface area contributed by atoms with Crippen LogP contribution in [0, 0.1) is 0 Å². The van der Waals surface area contributed by atoms with Crippen LogP contribution in [-0.4, -0.2) is 33.9 Å². The Labute approximate surface area is 172 Å². The Kier molecular flexibility index (Phi) is 4.70. The number of allylic oxidation sites excluding steroid dienone is 1. The van der Waals surface area contributed by atoms with Crippen LogP contribution in [0.4, 0.5) is 0 Å². The molecule has 0 bridgehead atoms. The van der Waals surface area contributed by atoms with Crippen molar-refractivity contribution in [2.24, 2.45) is 0 Å². The fourth-order valence-corrected chi connectivity index (χ4v) is 4.48. The van der Waals surface area contributed by atoms with Gasteiger partial charge in [0.15, 0.2) is 5.78 Å². The summed E-state index contributed by atoms with van der Waals surface area (Å²) < 4.78 is 0. The van der Waals surface area contributed by atoms with Crippen molar-refractivity contribution in [2.45, 2.75) is 38.1 Å². The molecule has 1 fully saturated rings. The number of rotatable bonds is 5. The number of nitrogens with zero attached hydrogens (tertiary/aromatic N) is 1. The molecular formula is C22H20N2O4S. The molecule has 1 atom stereocenters. The Morgan fingerprint density at radius 1 is 1.21 bits per heavy atom. The van der Waals surface area contributed by atoms with E-state index >= 15 is 0 Å². The fourth-order valence-electron chi connectivity index (χ4n) is 3.79. The van der Waals surface area contributed by atoms with Gasteiger partial charge in [0.2, 0.25) is 5.91 Å². The lowest BCUT2D eigenvalue weighted by molar-refractivity contribution is -0.131. The number of Topliss-reactive ketones (excluding diaryl/α,β-unsaturated/α-hetero) is 1. The van der Waals surface area contributed by atoms with Gasteiger partial charge in [-0.2, -0.15) is 0 Å². The van der Waals surface area contributed by atoms with Crippen LogP contribution < -0.4 is 5.32 Å². The highest BCUT2D eigenvalue weighted by molar-refractivity contribution is 7.12. The Morgan fingerprint density at radius 3 is 2.66 bits per heavy atom. The van der Waals surface area contributed by atoms with Gasteiger partial charge in [0.25, 0.3) is 11.8 Å². The van der Waals surface area contributed by atoms with E-state index in [2.05, 4.69) is 11.9 Å². The van der Waals surface area contributed by atoms with Crippen molar-refractivity contribution >= 4 is 34.8 Å². The molecule has 0 radical (unpaired) electrons. The molecular weight excluding hydrogens is 388 g/mol. The number of piperidine rings is 1. The molecule has 3 heterocycles. The van der Waals surface area contributed by atoms with Gasteiger partial charge in [-0.1, -0.05) is 18.7 Å². The zero-order valence-corrected chi connectivity index (χ0v) is 16.8. The van der Waals surface area contributed by atoms with Crippen molar-refractivity contribution in [1.29, 1.82) is 0 Å². The second-order valence-corrected chi connectivity index (χ2v) is 8.51. The summed E-state index contributed by atoms with van der Waals surface area (Å²) in [5.74, 6) is -1.28. The topological polar surface area (TPSA) is 83.6 Å². The zero-order valence-electron chi connectivity index (χ0n) is 16.0. The summed E-state index contributed by atoms with van der Waals surface area (Å²) in [5, 5.41) is 4.52. The summed E-state index contributed by atoms with van der Waals surface area (Å²) in [7, 11) is 0. The number of thiophene rings is 1. The Bertz CT molecular complexity index is 1060. The number of hydrogen-bond donors (Lipinski definition) is 1. The highest BCUT2D eigenvalue weighted by Crippen LogP contribution is 2.35. The summed E-state index contributed by atoms with van der Waals surface area (Å²) in [5.41, 5.74) is 0.727. The molecule has 0 saturated carbocycles. The second-order valence-electron chi connectivity index (χ2n) is 7.56. The Morgan fingerprint density at radius 2 is 1.97 bits per heavy atom. The van der Waals surface area contributed by atoms with Gasteiger partial charge in [-0.05, 0) is 55.3 Å². The van der Waals surface area contributed by atoms with Gasteiger partial charge in [0, 0.05) is 12.1 Å². The van der Waals surface area contributed by atoms with Crippen LogP contribution in [0.1, 0.15) is 62.1 Å². The van der Waals surface area contributed by atoms with Gasteiger partial charge >= 0.3 is 0 Å². The number of nitrogens with one attached hydrogen (secondary N) is 1. The first kappa shape index (κ1) is 19.3. The molecule has 29 heavy (non-hydrogen) atoms. The summed E-state index contributed by atoms with van der Waals surface area (Å²) in [4.78, 5) is 52.5. The number of aryl methyl sites for hydroxylation is 1. The number of ketones is 1. The molecule has 4 rings (SSSR count). The maximum Gasteiger partial charge on any atom is 0.262 e. The van der Waals surface area contributed by atoms with Gasteiger partial charge < -0.3 is 5.32 Å². The fraction of sp³-hybridized carbons (Fsp3) is 0.273. The zero-order chi connectivity index (χ0) is 20.8. The molecule has 2 aromatic rings. The predicted molar refractivity (Wildman–Crippen MR) is 109 cm³/mol. The minimum absolute atomic E-state index is 0.0520. The number of carbonyl (C=O) groups excluding carboxylic acids is 4. The third-order valence-corrected chi connectivity index (χ3v) is 6.49. The van der Waals surface area contributed by atoms with Crippen molar-refractivity contribution in [2.75, 3.05) is 0 Å². The molecule has 1 aromatic carbocycles. The van der Waals surface area contributed by atoms with Crippen LogP contribution in [-0.2, 0) is 11.2 Å². The number of fused-ring (bicyclic) bond motifs is 1. The molecule has 7 heteroatoms. The quantitative estimate of drug-likeness (QED) is 0.608. The predicted octanol–water partition coefficient (Wildman–Crippen LogP) is 3.34. The SMILES string of the molecule is C=C1CC[C@](C)(N2C(=O)c3ccc(CCC(=O)c4cccs4)cc3C2=O)C(=O)N1. The first-order valence-electron chi connectivity index (χ1n) is 9.39. The van der Waals surface area contributed by atoms with Gasteiger partial charge in [0.1, 0.15) is 5.54 Å². The van der Waals surface area contributed by atoms with Gasteiger partial charge in [0.05, 0.1) is 16.0 Å². The standard InChI is InChI=1S/C22H20N2O4S/c1-13-9-10-22(2,21(28)23-13)24-19(26)15-7-5-14(12-16(15)20(24)27)6-8-17(25)18-4-3-11-29-18/h3-5,7,11-12H,1,6,8-10H2,2H3,(H,23,28)/t22-/m0/s1. The lowest BCUT2D eigenvalue weighted by atomic mass is 9.88. The minimum Gasteiger partial charge on any atom is -0.328 e. The van der Waals surface area contributed by atoms with Crippen molar-refractivity contribution in [3.63, 3.8) is 0 Å². The van der Waals surface area contributed by atoms with Crippen LogP contribution in [0.25, 0.3) is 0 Å². The van der Waals surface area contributed by atoms with E-state index in [1.54, 1.807) is 31.2 Å². The third-order valence-electron chi connectivity index (χ3n) is 5.57. The van der Waals surface area contributed by atoms with Crippen molar-refractivity contribution in [3.05, 3.63) is 69.6 Å². The van der Waals surface area contributed by atoms with Crippen LogP contribution in [0.2, 0.25) is 0 Å². The molecule has 1 N–H and O–H groups in total. The monoisotopic (exact) mass is 408 g/mol. The smallest absolute Gasteiger partial charge is 0.262 e. The molecule has 2 aliphatic heterocycles. The van der Waals surface area contributed by atoms with Crippen molar-refractivity contribution in [1.82, 2.24) is 10.2 Å². The van der Waals surface area contributed by atoms with E-state index in [9.17, 15) is 19.2 Å². The van der Waals surface area contributed by atoms with E-state index < -0.39 is 23.3 Å². The number of hydrogen-bond acceptors (Lipinski definition) is 5. The van der Waals surface area contributed by atoms with Crippen LogP contribution >= 0.6 is 11.3 Å². The summed E-state index contributed by atoms with van der Waals surface area (Å²) >= 11 is 1.40. The first-order valence-corrected chi connectivity index (χ1v) is 10.3. The molecule has 148 valence electrons. The summed E-state index contributed by atoms with van der Waals surface area (Å²) in [6.07, 6.45) is 1.65. The van der Waals surface area contributed by atoms with Gasteiger partial charge in [-0.25, -0.2) is 0 Å². The Balaban J connectivity index is 1.56. The Hall–Kier alpha value is -3.06. The number of imide groups is 1. The second kappa shape index (κ2) is 7.08. The third kappa shape index (κ3) is 3.21. The molecule has 1 saturated heterocycles. The molecule has 0 spiro atoms. The van der Waals surface area contributed by atoms with E-state index in [4.69, 9.17) is 0 Å². The van der Waals surface area contributed by atoms with E-state index in [-0.39, 0.29) is 11.3 Å². The van der Waals surface area contributed by atoms with E-state index in [0.29, 0.717) is 41.8 Å². The molecule has 0 aliphatic carbocycles. The lowest BCUT2D eigenvalue weighted by Gasteiger charge is -2.39. The van der Waals surface area contributed by atoms with E-state index in [1.807, 2.05) is 11.4 Å². The largest absolute Gasteiger partial charge is 0.328 e. The lowest BCUT2D eigenvalue weighted by Crippen LogP contribution is -2.60. The van der Waals surface area contributed by atoms with Crippen molar-refractivity contribution in [3.8, 4) is 0 Å². The van der Waals surface area contributed by atoms with Crippen LogP contribution in [0.5, 0.6) is 0 Å². The maximum atomic E-state index is 13.1. The maximum absolute atomic E-state index is 13.1. The summed E-state index contributed by atoms with van der Waals surface area (Å²) in [6.45, 7) is 5.36. The number of carbonyl (C=O) groups is 4. The average Bonchev–Trinajstić information content (AvgIpc) is 3.31. The van der Waals surface area contributed by atoms with Gasteiger partial charge in [-0.15, -0.1) is 11.3 Å². The van der Waals surface area contributed by atoms with Crippen LogP contribution in [0.15, 0.2) is 48.0 Å². The van der Waals surface area contributed by atoms with Crippen LogP contribution in [0.3, 0.4) is 0 Å². The first-order chi connectivity index (χ1) is 13.8. The highest BCUT2D eigenvalue weighted by atomic mass is 32.1. The minimum atomic E-state index is -1.25. The average molecular weight is 408 g/mol. The molecule has 6 nitrogen and oxygen atoms in total. The van der Waals surface area contributed by atoms with Gasteiger partial charge in [-0.3, -0.25) is 24.1 Å².